The summed E-state index contributed by atoms with van der Waals surface area (Å²) in [6.07, 6.45) is 0. The SMILES string of the molecule is O=C([O-])c1ccc(C(=O)[O-])cc1.P.[Ag+].[Ag+]. The Morgan fingerprint density at radius 3 is 1.13 bits per heavy atom. The fourth-order valence-electron chi connectivity index (χ4n) is 0.742. The molecule has 15 heavy (non-hydrogen) atoms. The van der Waals surface area contributed by atoms with Gasteiger partial charge in [-0.3, -0.25) is 0 Å². The average Bonchev–Trinajstić information content (AvgIpc) is 2.04. The second-order valence-electron chi connectivity index (χ2n) is 2.15. The first-order valence-corrected chi connectivity index (χ1v) is 3.14. The van der Waals surface area contributed by atoms with E-state index in [1.54, 1.807) is 0 Å². The van der Waals surface area contributed by atoms with Gasteiger partial charge in [0.05, 0.1) is 11.9 Å². The van der Waals surface area contributed by atoms with Crippen LogP contribution in [0.4, 0.5) is 0 Å². The molecule has 4 nitrogen and oxygen atoms in total. The van der Waals surface area contributed by atoms with Gasteiger partial charge < -0.3 is 19.8 Å². The summed E-state index contributed by atoms with van der Waals surface area (Å²) in [7, 11) is 0. The molecule has 0 aromatic heterocycles. The molecule has 1 unspecified atom stereocenters. The van der Waals surface area contributed by atoms with Gasteiger partial charge in [-0.1, -0.05) is 24.3 Å². The van der Waals surface area contributed by atoms with Crippen molar-refractivity contribution < 1.29 is 64.6 Å². The van der Waals surface area contributed by atoms with Crippen LogP contribution in [0.3, 0.4) is 0 Å². The van der Waals surface area contributed by atoms with Gasteiger partial charge in [0.15, 0.2) is 0 Å². The van der Waals surface area contributed by atoms with Gasteiger partial charge in [0.25, 0.3) is 0 Å². The maximum atomic E-state index is 10.2. The van der Waals surface area contributed by atoms with Gasteiger partial charge in [-0.25, -0.2) is 0 Å². The van der Waals surface area contributed by atoms with E-state index < -0.39 is 11.9 Å². The maximum absolute atomic E-state index is 10.2. The molecule has 0 heterocycles. The predicted octanol–water partition coefficient (Wildman–Crippen LogP) is -1.53. The Bertz CT molecular complexity index is 293. The van der Waals surface area contributed by atoms with Crippen molar-refractivity contribution in [1.29, 1.82) is 0 Å². The zero-order chi connectivity index (χ0) is 9.14. The number of carbonyl (C=O) groups excluding carboxylic acids is 2. The van der Waals surface area contributed by atoms with E-state index in [0.717, 1.165) is 24.3 Å². The monoisotopic (exact) mass is 412 g/mol. The minimum atomic E-state index is -1.33. The number of hydrogen-bond donors (Lipinski definition) is 0. The zero-order valence-electron chi connectivity index (χ0n) is 7.25. The minimum absolute atomic E-state index is 0. The largest absolute Gasteiger partial charge is 1.00 e. The summed E-state index contributed by atoms with van der Waals surface area (Å²) in [6, 6.07) is 4.61. The van der Waals surface area contributed by atoms with E-state index in [1.165, 1.54) is 0 Å². The normalized spacial score (nSPS) is 7.47. The molecule has 1 aromatic rings. The number of aromatic carboxylic acids is 2. The van der Waals surface area contributed by atoms with Crippen LogP contribution in [-0.2, 0) is 44.8 Å². The fraction of sp³-hybridized carbons (Fsp3) is 0. The molecule has 90 valence electrons. The first kappa shape index (κ1) is 20.5. The number of benzene rings is 1. The summed E-state index contributed by atoms with van der Waals surface area (Å²) in [5, 5.41) is 20.4. The Morgan fingerprint density at radius 1 is 0.800 bits per heavy atom. The van der Waals surface area contributed by atoms with Crippen molar-refractivity contribution in [2.45, 2.75) is 0 Å². The molecule has 0 aliphatic heterocycles. The van der Waals surface area contributed by atoms with Gasteiger partial charge in [-0.15, -0.1) is 0 Å². The Labute approximate surface area is 121 Å². The Morgan fingerprint density at radius 2 is 1.00 bits per heavy atom. The van der Waals surface area contributed by atoms with Gasteiger partial charge in [-0.05, 0) is 11.1 Å². The second kappa shape index (κ2) is 9.31. The van der Waals surface area contributed by atoms with Crippen LogP contribution in [0.2, 0.25) is 0 Å². The molecular weight excluding hydrogens is 407 g/mol. The van der Waals surface area contributed by atoms with E-state index in [2.05, 4.69) is 0 Å². The van der Waals surface area contributed by atoms with Gasteiger partial charge in [-0.2, -0.15) is 9.90 Å². The Kier molecular flexibility index (Phi) is 12.7. The third-order valence-electron chi connectivity index (χ3n) is 1.36. The number of carboxylic acids is 2. The maximum Gasteiger partial charge on any atom is 1.00 e. The molecule has 0 fully saturated rings. The summed E-state index contributed by atoms with van der Waals surface area (Å²) in [5.41, 5.74) is -0.111. The van der Waals surface area contributed by atoms with Crippen LogP contribution in [0.15, 0.2) is 24.3 Å². The fourth-order valence-corrected chi connectivity index (χ4v) is 0.742. The second-order valence-corrected chi connectivity index (χ2v) is 2.15. The van der Waals surface area contributed by atoms with Gasteiger partial charge >= 0.3 is 44.8 Å². The first-order chi connectivity index (χ1) is 5.61. The summed E-state index contributed by atoms with van der Waals surface area (Å²) in [5.74, 6) is -2.67. The smallest absolute Gasteiger partial charge is 0.545 e. The quantitative estimate of drug-likeness (QED) is 0.435. The summed E-state index contributed by atoms with van der Waals surface area (Å²) >= 11 is 0. The molecule has 1 atom stereocenters. The van der Waals surface area contributed by atoms with Crippen LogP contribution in [0, 0.1) is 0 Å². The molecule has 0 N–H and O–H groups in total. The van der Waals surface area contributed by atoms with Gasteiger partial charge in [0.2, 0.25) is 0 Å². The first-order valence-electron chi connectivity index (χ1n) is 3.14. The van der Waals surface area contributed by atoms with Crippen LogP contribution < -0.4 is 10.2 Å². The van der Waals surface area contributed by atoms with E-state index in [-0.39, 0.29) is 65.8 Å². The topological polar surface area (TPSA) is 80.3 Å². The standard InChI is InChI=1S/C8H6O4.2Ag.H3P/c9-7(10)5-1-2-6(4-3-5)8(11)12;;;/h1-4H,(H,9,10)(H,11,12);;;1H3/q;2*+1;/p-2. The number of carbonyl (C=O) groups is 2. The molecule has 1 aromatic carbocycles. The van der Waals surface area contributed by atoms with Crippen molar-refractivity contribution >= 4 is 21.8 Å². The van der Waals surface area contributed by atoms with Crippen LogP contribution in [-0.4, -0.2) is 11.9 Å². The number of hydrogen-bond acceptors (Lipinski definition) is 4. The van der Waals surface area contributed by atoms with Crippen molar-refractivity contribution in [2.24, 2.45) is 0 Å². The van der Waals surface area contributed by atoms with Gasteiger partial charge in [0, 0.05) is 0 Å². The molecule has 0 radical (unpaired) electrons. The molecule has 0 amide bonds. The van der Waals surface area contributed by atoms with E-state index in [9.17, 15) is 19.8 Å². The number of rotatable bonds is 2. The third kappa shape index (κ3) is 6.28. The molecule has 0 spiro atoms. The van der Waals surface area contributed by atoms with Crippen molar-refractivity contribution in [2.75, 3.05) is 0 Å². The summed E-state index contributed by atoms with van der Waals surface area (Å²) < 4.78 is 0. The predicted molar refractivity (Wildman–Crippen MR) is 46.2 cm³/mol. The van der Waals surface area contributed by atoms with E-state index in [4.69, 9.17) is 0 Å². The van der Waals surface area contributed by atoms with Crippen molar-refractivity contribution in [3.05, 3.63) is 35.4 Å². The summed E-state index contributed by atoms with van der Waals surface area (Å²) in [6.45, 7) is 0. The van der Waals surface area contributed by atoms with Crippen molar-refractivity contribution in [3.8, 4) is 0 Å². The number of carboxylic acid groups (broad SMARTS) is 2. The van der Waals surface area contributed by atoms with Crippen molar-refractivity contribution in [3.63, 3.8) is 0 Å². The molecule has 1 rings (SSSR count). The van der Waals surface area contributed by atoms with E-state index in [1.807, 2.05) is 0 Å². The third-order valence-corrected chi connectivity index (χ3v) is 1.36. The van der Waals surface area contributed by atoms with Crippen LogP contribution >= 0.6 is 9.90 Å². The average molecular weight is 414 g/mol. The summed E-state index contributed by atoms with van der Waals surface area (Å²) in [4.78, 5) is 20.4. The van der Waals surface area contributed by atoms with E-state index >= 15 is 0 Å². The van der Waals surface area contributed by atoms with Crippen LogP contribution in [0.1, 0.15) is 20.7 Å². The molecule has 0 saturated carbocycles. The van der Waals surface area contributed by atoms with E-state index in [0.29, 0.717) is 0 Å². The molecule has 0 aliphatic rings. The van der Waals surface area contributed by atoms with Crippen LogP contribution in [0.5, 0.6) is 0 Å². The Hall–Kier alpha value is 0.0705. The molecule has 0 saturated heterocycles. The molecular formula is C8H7Ag2O4P. The molecule has 0 bridgehead atoms. The Balaban J connectivity index is -0.000000480. The molecule has 0 aliphatic carbocycles. The van der Waals surface area contributed by atoms with Gasteiger partial charge in [0.1, 0.15) is 0 Å². The molecule has 7 heteroatoms. The minimum Gasteiger partial charge on any atom is -0.545 e. The van der Waals surface area contributed by atoms with Crippen molar-refractivity contribution in [1.82, 2.24) is 0 Å². The zero-order valence-corrected chi connectivity index (χ0v) is 11.6. The van der Waals surface area contributed by atoms with Crippen LogP contribution in [0.25, 0.3) is 0 Å².